The predicted octanol–water partition coefficient (Wildman–Crippen LogP) is 2.64. The second-order valence-electron chi connectivity index (χ2n) is 9.47. The fourth-order valence-corrected chi connectivity index (χ4v) is 4.43. The molecule has 10 heteroatoms. The van der Waals surface area contributed by atoms with E-state index >= 15 is 0 Å². The third-order valence-electron chi connectivity index (χ3n) is 6.52. The van der Waals surface area contributed by atoms with Gasteiger partial charge in [-0.3, -0.25) is 0 Å². The number of carboxylic acids is 2. The maximum atomic E-state index is 11.0. The molecule has 0 spiro atoms. The van der Waals surface area contributed by atoms with Gasteiger partial charge in [-0.1, -0.05) is 71.7 Å². The molecule has 0 aromatic heterocycles. The first kappa shape index (κ1) is 32.4. The lowest BCUT2D eigenvalue weighted by Crippen LogP contribution is -3.04. The number of carbonyl (C=O) groups excluding carboxylic acids is 2. The average molecular weight is 610 g/mol. The molecule has 8 nitrogen and oxygen atoms in total. The number of para-hydroxylation sites is 2. The number of rotatable bonds is 6. The molecule has 0 amide bonds. The zero-order chi connectivity index (χ0) is 30.5. The van der Waals surface area contributed by atoms with E-state index < -0.39 is 11.9 Å². The molecule has 0 aliphatic carbocycles. The summed E-state index contributed by atoms with van der Waals surface area (Å²) >= 11 is 12.0. The molecule has 1 aliphatic rings. The highest BCUT2D eigenvalue weighted by atomic mass is 35.5. The Morgan fingerprint density at radius 3 is 1.24 bits per heavy atom. The van der Waals surface area contributed by atoms with Gasteiger partial charge in [0.15, 0.2) is 0 Å². The van der Waals surface area contributed by atoms with Crippen molar-refractivity contribution < 1.29 is 30.4 Å². The molecular formula is C32H34Cl2N4O4. The summed E-state index contributed by atoms with van der Waals surface area (Å²) in [6, 6.07) is 24.1. The number of carbonyl (C=O) groups is 2. The number of hydrogen-bond acceptors (Lipinski definition) is 6. The molecule has 1 heterocycles. The lowest BCUT2D eigenvalue weighted by atomic mass is 10.1. The number of benzene rings is 4. The molecule has 1 saturated heterocycles. The molecule has 0 unspecified atom stereocenters. The lowest BCUT2D eigenvalue weighted by Gasteiger charge is -2.14. The zero-order valence-corrected chi connectivity index (χ0v) is 25.0. The summed E-state index contributed by atoms with van der Waals surface area (Å²) in [6.07, 6.45) is 0. The van der Waals surface area contributed by atoms with Gasteiger partial charge in [0, 0.05) is 43.9 Å². The van der Waals surface area contributed by atoms with E-state index in [2.05, 4.69) is 21.3 Å². The van der Waals surface area contributed by atoms with Gasteiger partial charge in [0.1, 0.15) is 26.2 Å². The fraction of sp³-hybridized carbons (Fsp3) is 0.188. The monoisotopic (exact) mass is 608 g/mol. The Kier molecular flexibility index (Phi) is 12.7. The zero-order valence-electron chi connectivity index (χ0n) is 23.5. The molecule has 5 rings (SSSR count). The molecule has 6 N–H and O–H groups in total. The summed E-state index contributed by atoms with van der Waals surface area (Å²) in [7, 11) is 0. The van der Waals surface area contributed by atoms with Crippen molar-refractivity contribution in [2.45, 2.75) is 13.8 Å². The Morgan fingerprint density at radius 1 is 0.571 bits per heavy atom. The van der Waals surface area contributed by atoms with Crippen LogP contribution in [0.5, 0.6) is 0 Å². The van der Waals surface area contributed by atoms with Crippen LogP contribution in [-0.4, -0.2) is 38.1 Å². The summed E-state index contributed by atoms with van der Waals surface area (Å²) in [5, 5.41) is 34.1. The van der Waals surface area contributed by atoms with Crippen LogP contribution in [0.1, 0.15) is 31.8 Å². The van der Waals surface area contributed by atoms with Crippen molar-refractivity contribution in [2.24, 2.45) is 0 Å². The van der Waals surface area contributed by atoms with Gasteiger partial charge in [-0.25, -0.2) is 0 Å². The van der Waals surface area contributed by atoms with Gasteiger partial charge in [-0.05, 0) is 61.4 Å². The predicted molar refractivity (Wildman–Crippen MR) is 164 cm³/mol. The SMILES string of the molecule is C1C[NH2+]CC[NH2+]1.Cc1c(Cl)cccc1Nc1ccccc1C(=O)[O-].Cc1c(Cl)cccc1Nc1ccccc1C(=O)[O-]. The average Bonchev–Trinajstić information content (AvgIpc) is 3.00. The Balaban J connectivity index is 0.000000192. The van der Waals surface area contributed by atoms with Crippen molar-refractivity contribution in [3.8, 4) is 0 Å². The van der Waals surface area contributed by atoms with Crippen LogP contribution < -0.4 is 31.5 Å². The van der Waals surface area contributed by atoms with Gasteiger partial charge >= 0.3 is 0 Å². The molecule has 0 bridgehead atoms. The van der Waals surface area contributed by atoms with E-state index in [1.807, 2.05) is 26.0 Å². The lowest BCUT2D eigenvalue weighted by molar-refractivity contribution is -0.787. The maximum absolute atomic E-state index is 11.0. The first-order chi connectivity index (χ1) is 20.2. The van der Waals surface area contributed by atoms with Crippen molar-refractivity contribution in [2.75, 3.05) is 36.8 Å². The highest BCUT2D eigenvalue weighted by Gasteiger charge is 2.07. The quantitative estimate of drug-likeness (QED) is 0.265. The largest absolute Gasteiger partial charge is 0.545 e. The van der Waals surface area contributed by atoms with E-state index in [-0.39, 0.29) is 11.1 Å². The molecule has 220 valence electrons. The second kappa shape index (κ2) is 16.4. The second-order valence-corrected chi connectivity index (χ2v) is 10.3. The van der Waals surface area contributed by atoms with Crippen LogP contribution in [0.3, 0.4) is 0 Å². The molecular weight excluding hydrogens is 575 g/mol. The highest BCUT2D eigenvalue weighted by Crippen LogP contribution is 2.28. The van der Waals surface area contributed by atoms with Crippen LogP contribution in [0.15, 0.2) is 84.9 Å². The molecule has 0 saturated carbocycles. The van der Waals surface area contributed by atoms with Gasteiger partial charge < -0.3 is 41.1 Å². The van der Waals surface area contributed by atoms with E-state index in [9.17, 15) is 19.8 Å². The maximum Gasteiger partial charge on any atom is 0.125 e. The Bertz CT molecular complexity index is 1390. The number of piperazine rings is 1. The number of nitrogens with two attached hydrogens (primary N) is 2. The molecule has 42 heavy (non-hydrogen) atoms. The number of nitrogens with one attached hydrogen (secondary N) is 2. The Hall–Kier alpha value is -4.08. The van der Waals surface area contributed by atoms with Crippen molar-refractivity contribution in [3.05, 3.63) is 117 Å². The minimum atomic E-state index is -1.21. The first-order valence-electron chi connectivity index (χ1n) is 13.5. The Morgan fingerprint density at radius 2 is 0.905 bits per heavy atom. The van der Waals surface area contributed by atoms with Crippen molar-refractivity contribution in [1.29, 1.82) is 0 Å². The van der Waals surface area contributed by atoms with Gasteiger partial charge in [-0.15, -0.1) is 0 Å². The number of quaternary nitrogens is 2. The first-order valence-corrected chi connectivity index (χ1v) is 14.2. The van der Waals surface area contributed by atoms with E-state index in [0.717, 1.165) is 22.5 Å². The summed E-state index contributed by atoms with van der Waals surface area (Å²) in [5.74, 6) is -2.42. The molecule has 0 atom stereocenters. The number of aromatic carboxylic acids is 2. The normalized spacial score (nSPS) is 12.1. The van der Waals surface area contributed by atoms with Gasteiger partial charge in [-0.2, -0.15) is 0 Å². The summed E-state index contributed by atoms with van der Waals surface area (Å²) < 4.78 is 0. The molecule has 4 aromatic rings. The van der Waals surface area contributed by atoms with Crippen molar-refractivity contribution in [1.82, 2.24) is 0 Å². The summed E-state index contributed by atoms with van der Waals surface area (Å²) in [6.45, 7) is 9.01. The van der Waals surface area contributed by atoms with Gasteiger partial charge in [0.05, 0.1) is 11.9 Å². The van der Waals surface area contributed by atoms with Crippen LogP contribution in [0, 0.1) is 13.8 Å². The number of carboxylic acid groups (broad SMARTS) is 2. The van der Waals surface area contributed by atoms with E-state index in [1.165, 1.54) is 38.3 Å². The minimum absolute atomic E-state index is 0.122. The molecule has 0 radical (unpaired) electrons. The van der Waals surface area contributed by atoms with Crippen LogP contribution >= 0.6 is 23.2 Å². The third-order valence-corrected chi connectivity index (χ3v) is 7.34. The molecule has 1 fully saturated rings. The van der Waals surface area contributed by atoms with Crippen LogP contribution in [0.25, 0.3) is 0 Å². The number of hydrogen-bond donors (Lipinski definition) is 4. The van der Waals surface area contributed by atoms with E-state index in [0.29, 0.717) is 21.4 Å². The molecule has 1 aliphatic heterocycles. The van der Waals surface area contributed by atoms with Gasteiger partial charge in [0.25, 0.3) is 0 Å². The smallest absolute Gasteiger partial charge is 0.125 e. The summed E-state index contributed by atoms with van der Waals surface area (Å²) in [4.78, 5) is 22.0. The van der Waals surface area contributed by atoms with E-state index in [4.69, 9.17) is 23.2 Å². The van der Waals surface area contributed by atoms with Crippen LogP contribution in [0.2, 0.25) is 10.0 Å². The minimum Gasteiger partial charge on any atom is -0.545 e. The summed E-state index contributed by atoms with van der Waals surface area (Å²) in [5.41, 5.74) is 4.51. The van der Waals surface area contributed by atoms with Crippen LogP contribution in [-0.2, 0) is 0 Å². The molecule has 4 aromatic carbocycles. The number of halogens is 2. The van der Waals surface area contributed by atoms with Gasteiger partial charge in [0.2, 0.25) is 0 Å². The van der Waals surface area contributed by atoms with Crippen LogP contribution in [0.4, 0.5) is 22.7 Å². The van der Waals surface area contributed by atoms with Crippen molar-refractivity contribution >= 4 is 57.9 Å². The highest BCUT2D eigenvalue weighted by molar-refractivity contribution is 6.32. The van der Waals surface area contributed by atoms with E-state index in [1.54, 1.807) is 60.7 Å². The van der Waals surface area contributed by atoms with Crippen molar-refractivity contribution in [3.63, 3.8) is 0 Å². The fourth-order valence-electron chi connectivity index (χ4n) is 4.08. The number of anilines is 4. The third kappa shape index (κ3) is 9.49. The standard InChI is InChI=1S/2C14H12ClNO2.C4H10N2/c2*1-9-11(15)6-4-8-12(9)16-13-7-3-2-5-10(13)14(17)18;1-2-6-4-3-5-1/h2*2-8,16H,1H3,(H,17,18);5-6H,1-4H2. The topological polar surface area (TPSA) is 138 Å². The Labute approximate surface area is 255 Å².